The van der Waals surface area contributed by atoms with Gasteiger partial charge in [-0.1, -0.05) is 13.3 Å². The zero-order valence-corrected chi connectivity index (χ0v) is 11.2. The molecule has 1 heterocycles. The van der Waals surface area contributed by atoms with Crippen LogP contribution in [0.2, 0.25) is 0 Å². The Kier molecular flexibility index (Phi) is 5.53. The maximum atomic E-state index is 9.15. The summed E-state index contributed by atoms with van der Waals surface area (Å²) in [6.45, 7) is 6.68. The third-order valence-corrected chi connectivity index (χ3v) is 3.24. The highest BCUT2D eigenvalue weighted by molar-refractivity contribution is 5.55. The number of anilines is 1. The molecule has 0 radical (unpaired) electrons. The van der Waals surface area contributed by atoms with Gasteiger partial charge in [-0.05, 0) is 31.7 Å². The van der Waals surface area contributed by atoms with Crippen molar-refractivity contribution >= 4 is 5.82 Å². The molecule has 2 N–H and O–H groups in total. The number of hydrogen-bond acceptors (Lipinski definition) is 5. The molecule has 0 bridgehead atoms. The second kappa shape index (κ2) is 6.92. The predicted molar refractivity (Wildman–Crippen MR) is 70.2 cm³/mol. The number of nitrogens with one attached hydrogen (secondary N) is 1. The third-order valence-electron chi connectivity index (χ3n) is 3.24. The maximum absolute atomic E-state index is 9.15. The van der Waals surface area contributed by atoms with Crippen molar-refractivity contribution in [1.82, 2.24) is 10.2 Å². The minimum atomic E-state index is 0.184. The van der Waals surface area contributed by atoms with Crippen molar-refractivity contribution < 1.29 is 5.11 Å². The fraction of sp³-hybridized carbons (Fsp3) is 0.615. The monoisotopic (exact) mass is 248 g/mol. The lowest BCUT2D eigenvalue weighted by Gasteiger charge is -2.15. The van der Waals surface area contributed by atoms with E-state index in [1.54, 1.807) is 0 Å². The molecule has 1 atom stereocenters. The van der Waals surface area contributed by atoms with Crippen LogP contribution in [0.25, 0.3) is 0 Å². The Morgan fingerprint density at radius 1 is 1.39 bits per heavy atom. The second-order valence-corrected chi connectivity index (χ2v) is 4.41. The molecule has 0 spiro atoms. The first-order chi connectivity index (χ1) is 8.63. The quantitative estimate of drug-likeness (QED) is 0.802. The van der Waals surface area contributed by atoms with Crippen LogP contribution >= 0.6 is 0 Å². The molecule has 0 aliphatic heterocycles. The smallest absolute Gasteiger partial charge is 0.166 e. The van der Waals surface area contributed by atoms with Gasteiger partial charge >= 0.3 is 0 Å². The van der Waals surface area contributed by atoms with Gasteiger partial charge in [-0.2, -0.15) is 10.4 Å². The first-order valence-corrected chi connectivity index (χ1v) is 6.22. The highest BCUT2D eigenvalue weighted by atomic mass is 16.3. The Hall–Kier alpha value is -1.67. The molecular weight excluding hydrogens is 228 g/mol. The Labute approximate surface area is 108 Å². The number of nitrogens with zero attached hydrogens (tertiary/aromatic N) is 3. The van der Waals surface area contributed by atoms with Crippen LogP contribution in [0.5, 0.6) is 0 Å². The highest BCUT2D eigenvalue weighted by Crippen LogP contribution is 2.18. The molecule has 98 valence electrons. The molecule has 0 aliphatic carbocycles. The third kappa shape index (κ3) is 3.41. The van der Waals surface area contributed by atoms with E-state index in [4.69, 9.17) is 10.4 Å². The SMILES string of the molecule is CCC(CCO)CNc1nnc(C)c(C)c1C#N. The average molecular weight is 248 g/mol. The van der Waals surface area contributed by atoms with Crippen molar-refractivity contribution in [3.63, 3.8) is 0 Å². The van der Waals surface area contributed by atoms with E-state index < -0.39 is 0 Å². The zero-order chi connectivity index (χ0) is 13.5. The fourth-order valence-corrected chi connectivity index (χ4v) is 1.74. The number of aromatic nitrogens is 2. The Morgan fingerprint density at radius 3 is 2.67 bits per heavy atom. The number of aliphatic hydroxyl groups excluding tert-OH is 1. The summed E-state index contributed by atoms with van der Waals surface area (Å²) >= 11 is 0. The standard InChI is InChI=1S/C13H20N4O/c1-4-11(5-6-18)8-15-13-12(7-14)9(2)10(3)16-17-13/h11,18H,4-6,8H2,1-3H3,(H,15,17). The zero-order valence-electron chi connectivity index (χ0n) is 11.2. The lowest BCUT2D eigenvalue weighted by atomic mass is 10.0. The molecule has 1 unspecified atom stereocenters. The van der Waals surface area contributed by atoms with Gasteiger partial charge in [-0.25, -0.2) is 0 Å². The molecule has 0 saturated heterocycles. The van der Waals surface area contributed by atoms with Crippen molar-refractivity contribution in [1.29, 1.82) is 5.26 Å². The van der Waals surface area contributed by atoms with Crippen LogP contribution in [0.4, 0.5) is 5.82 Å². The maximum Gasteiger partial charge on any atom is 0.166 e. The lowest BCUT2D eigenvalue weighted by Crippen LogP contribution is -2.17. The van der Waals surface area contributed by atoms with Gasteiger partial charge in [0, 0.05) is 13.2 Å². The summed E-state index contributed by atoms with van der Waals surface area (Å²) < 4.78 is 0. The normalized spacial score (nSPS) is 11.9. The van der Waals surface area contributed by atoms with Crippen LogP contribution in [-0.4, -0.2) is 28.5 Å². The Balaban J connectivity index is 2.79. The van der Waals surface area contributed by atoms with Gasteiger partial charge in [0.1, 0.15) is 11.6 Å². The number of rotatable bonds is 6. The molecule has 1 aromatic heterocycles. The van der Waals surface area contributed by atoms with E-state index in [1.165, 1.54) is 0 Å². The van der Waals surface area contributed by atoms with E-state index in [0.29, 0.717) is 23.8 Å². The molecule has 1 aromatic rings. The molecule has 5 heteroatoms. The van der Waals surface area contributed by atoms with E-state index in [2.05, 4.69) is 28.5 Å². The number of hydrogen-bond donors (Lipinski definition) is 2. The minimum Gasteiger partial charge on any atom is -0.396 e. The highest BCUT2D eigenvalue weighted by Gasteiger charge is 2.12. The van der Waals surface area contributed by atoms with Crippen molar-refractivity contribution in [2.75, 3.05) is 18.5 Å². The van der Waals surface area contributed by atoms with Crippen molar-refractivity contribution in [3.8, 4) is 6.07 Å². The first kappa shape index (κ1) is 14.4. The van der Waals surface area contributed by atoms with E-state index >= 15 is 0 Å². The lowest BCUT2D eigenvalue weighted by molar-refractivity contribution is 0.258. The van der Waals surface area contributed by atoms with Gasteiger partial charge in [0.05, 0.1) is 5.69 Å². The molecule has 0 amide bonds. The molecule has 0 saturated carbocycles. The fourth-order valence-electron chi connectivity index (χ4n) is 1.74. The van der Waals surface area contributed by atoms with Crippen LogP contribution in [0, 0.1) is 31.1 Å². The van der Waals surface area contributed by atoms with Crippen molar-refractivity contribution in [3.05, 3.63) is 16.8 Å². The van der Waals surface area contributed by atoms with Gasteiger partial charge in [0.2, 0.25) is 0 Å². The summed E-state index contributed by atoms with van der Waals surface area (Å²) in [4.78, 5) is 0. The first-order valence-electron chi connectivity index (χ1n) is 6.22. The van der Waals surface area contributed by atoms with Crippen LogP contribution in [0.1, 0.15) is 36.6 Å². The molecule has 0 aromatic carbocycles. The van der Waals surface area contributed by atoms with E-state index in [-0.39, 0.29) is 6.61 Å². The Bertz CT molecular complexity index is 439. The molecule has 0 fully saturated rings. The summed E-state index contributed by atoms with van der Waals surface area (Å²) in [5.74, 6) is 0.918. The number of aryl methyl sites for hydroxylation is 1. The number of nitriles is 1. The summed E-state index contributed by atoms with van der Waals surface area (Å²) in [5.41, 5.74) is 2.20. The van der Waals surface area contributed by atoms with Crippen molar-refractivity contribution in [2.45, 2.75) is 33.6 Å². The van der Waals surface area contributed by atoms with E-state index in [9.17, 15) is 0 Å². The summed E-state index contributed by atoms with van der Waals surface area (Å²) in [6, 6.07) is 2.16. The van der Waals surface area contributed by atoms with Crippen LogP contribution in [0.15, 0.2) is 0 Å². The van der Waals surface area contributed by atoms with Crippen LogP contribution in [0.3, 0.4) is 0 Å². The van der Waals surface area contributed by atoms with Crippen LogP contribution in [-0.2, 0) is 0 Å². The van der Waals surface area contributed by atoms with Crippen molar-refractivity contribution in [2.24, 2.45) is 5.92 Å². The minimum absolute atomic E-state index is 0.184. The molecule has 18 heavy (non-hydrogen) atoms. The Morgan fingerprint density at radius 2 is 2.11 bits per heavy atom. The van der Waals surface area contributed by atoms with Gasteiger partial charge in [-0.3, -0.25) is 0 Å². The number of aliphatic hydroxyl groups is 1. The largest absolute Gasteiger partial charge is 0.396 e. The van der Waals surface area contributed by atoms with E-state index in [1.807, 2.05) is 13.8 Å². The molecule has 1 rings (SSSR count). The van der Waals surface area contributed by atoms with Gasteiger partial charge in [0.25, 0.3) is 0 Å². The van der Waals surface area contributed by atoms with Gasteiger partial charge in [-0.15, -0.1) is 5.10 Å². The molecular formula is C13H20N4O. The summed E-state index contributed by atoms with van der Waals surface area (Å²) in [7, 11) is 0. The second-order valence-electron chi connectivity index (χ2n) is 4.41. The summed E-state index contributed by atoms with van der Waals surface area (Å²) in [6.07, 6.45) is 1.73. The average Bonchev–Trinajstić information content (AvgIpc) is 2.38. The predicted octanol–water partition coefficient (Wildman–Crippen LogP) is 1.79. The molecule has 5 nitrogen and oxygen atoms in total. The van der Waals surface area contributed by atoms with Crippen LogP contribution < -0.4 is 5.32 Å². The van der Waals surface area contributed by atoms with Gasteiger partial charge in [0.15, 0.2) is 5.82 Å². The van der Waals surface area contributed by atoms with Gasteiger partial charge < -0.3 is 10.4 Å². The topological polar surface area (TPSA) is 81.8 Å². The van der Waals surface area contributed by atoms with E-state index in [0.717, 1.165) is 24.1 Å². The summed E-state index contributed by atoms with van der Waals surface area (Å²) in [5, 5.41) is 29.3. The molecule has 0 aliphatic rings.